The third-order valence-electron chi connectivity index (χ3n) is 3.24. The van der Waals surface area contributed by atoms with Gasteiger partial charge in [0.05, 0.1) is 0 Å². The maximum atomic E-state index is 13.9. The van der Waals surface area contributed by atoms with Gasteiger partial charge in [0.1, 0.15) is 11.5 Å². The number of halogens is 2. The zero-order valence-electron chi connectivity index (χ0n) is 11.0. The Morgan fingerprint density at radius 2 is 2.06 bits per heavy atom. The van der Waals surface area contributed by atoms with Gasteiger partial charge in [0.2, 0.25) is 0 Å². The van der Waals surface area contributed by atoms with Crippen molar-refractivity contribution < 1.29 is 8.78 Å². The third kappa shape index (κ3) is 2.97. The number of nitrogens with one attached hydrogen (secondary N) is 1. The second-order valence-corrected chi connectivity index (χ2v) is 6.81. The quantitative estimate of drug-likeness (QED) is 0.864. The van der Waals surface area contributed by atoms with Crippen LogP contribution in [-0.4, -0.2) is 17.5 Å². The van der Waals surface area contributed by atoms with Crippen LogP contribution in [0.3, 0.4) is 0 Å². The third-order valence-corrected chi connectivity index (χ3v) is 4.87. The molecule has 1 heterocycles. The minimum atomic E-state index is -0.508. The van der Waals surface area contributed by atoms with Crippen molar-refractivity contribution >= 4 is 17.4 Å². The molecular weight excluding hydrogens is 252 g/mol. The minimum absolute atomic E-state index is 0.0262. The molecule has 1 saturated heterocycles. The standard InChI is InChI=1S/C14H19F2NS/c1-9-4-5-11(15)13(12(9)16)17-10-6-14(2,3)8-18-7-10/h4-5,10,17H,6-8H2,1-3H3. The highest BCUT2D eigenvalue weighted by Crippen LogP contribution is 2.35. The largest absolute Gasteiger partial charge is 0.377 e. The van der Waals surface area contributed by atoms with Crippen LogP contribution in [-0.2, 0) is 0 Å². The molecule has 1 N–H and O–H groups in total. The van der Waals surface area contributed by atoms with Gasteiger partial charge in [-0.1, -0.05) is 19.9 Å². The van der Waals surface area contributed by atoms with Gasteiger partial charge in [0, 0.05) is 11.8 Å². The molecule has 1 aromatic rings. The second kappa shape index (κ2) is 5.08. The second-order valence-electron chi connectivity index (χ2n) is 5.78. The fourth-order valence-corrected chi connectivity index (χ4v) is 3.62. The highest BCUT2D eigenvalue weighted by molar-refractivity contribution is 7.99. The van der Waals surface area contributed by atoms with E-state index in [-0.39, 0.29) is 17.1 Å². The van der Waals surface area contributed by atoms with Crippen molar-refractivity contribution in [3.63, 3.8) is 0 Å². The summed E-state index contributed by atoms with van der Waals surface area (Å²) in [6, 6.07) is 2.92. The van der Waals surface area contributed by atoms with E-state index in [1.54, 1.807) is 6.92 Å². The Balaban J connectivity index is 2.17. The first-order chi connectivity index (χ1) is 8.39. The molecule has 0 amide bonds. The van der Waals surface area contributed by atoms with E-state index < -0.39 is 11.6 Å². The fraction of sp³-hybridized carbons (Fsp3) is 0.571. The molecule has 18 heavy (non-hydrogen) atoms. The molecule has 4 heteroatoms. The SMILES string of the molecule is Cc1ccc(F)c(NC2CSCC(C)(C)C2)c1F. The topological polar surface area (TPSA) is 12.0 Å². The molecule has 1 aliphatic heterocycles. The molecule has 1 aromatic carbocycles. The van der Waals surface area contributed by atoms with Crippen LogP contribution in [0, 0.1) is 24.0 Å². The first-order valence-electron chi connectivity index (χ1n) is 6.18. The van der Waals surface area contributed by atoms with Crippen molar-refractivity contribution in [3.05, 3.63) is 29.3 Å². The molecule has 1 atom stereocenters. The van der Waals surface area contributed by atoms with Crippen LogP contribution < -0.4 is 5.32 Å². The molecule has 1 fully saturated rings. The number of rotatable bonds is 2. The molecule has 0 spiro atoms. The van der Waals surface area contributed by atoms with Crippen LogP contribution in [0.1, 0.15) is 25.8 Å². The summed E-state index contributed by atoms with van der Waals surface area (Å²) in [7, 11) is 0. The van der Waals surface area contributed by atoms with Gasteiger partial charge in [-0.2, -0.15) is 11.8 Å². The zero-order valence-corrected chi connectivity index (χ0v) is 11.8. The molecular formula is C14H19F2NS. The molecule has 0 aliphatic carbocycles. The average Bonchev–Trinajstić information content (AvgIpc) is 2.28. The Morgan fingerprint density at radius 3 is 2.72 bits per heavy atom. The van der Waals surface area contributed by atoms with E-state index in [0.29, 0.717) is 5.56 Å². The van der Waals surface area contributed by atoms with Crippen molar-refractivity contribution in [1.82, 2.24) is 0 Å². The molecule has 2 rings (SSSR count). The number of aryl methyl sites for hydroxylation is 1. The van der Waals surface area contributed by atoms with E-state index >= 15 is 0 Å². The molecule has 1 unspecified atom stereocenters. The van der Waals surface area contributed by atoms with Gasteiger partial charge in [-0.25, -0.2) is 8.78 Å². The summed E-state index contributed by atoms with van der Waals surface area (Å²) in [4.78, 5) is 0. The summed E-state index contributed by atoms with van der Waals surface area (Å²) < 4.78 is 27.6. The van der Waals surface area contributed by atoms with Gasteiger partial charge in [-0.05, 0) is 36.1 Å². The van der Waals surface area contributed by atoms with E-state index in [9.17, 15) is 8.78 Å². The van der Waals surface area contributed by atoms with Gasteiger partial charge in [-0.3, -0.25) is 0 Å². The first kappa shape index (κ1) is 13.7. The lowest BCUT2D eigenvalue weighted by molar-refractivity contribution is 0.357. The van der Waals surface area contributed by atoms with Gasteiger partial charge >= 0.3 is 0 Å². The van der Waals surface area contributed by atoms with E-state index in [4.69, 9.17) is 0 Å². The molecule has 1 nitrogen and oxygen atoms in total. The van der Waals surface area contributed by atoms with Crippen molar-refractivity contribution in [1.29, 1.82) is 0 Å². The van der Waals surface area contributed by atoms with Gasteiger partial charge < -0.3 is 5.32 Å². The van der Waals surface area contributed by atoms with Gasteiger partial charge in [0.15, 0.2) is 5.82 Å². The van der Waals surface area contributed by atoms with Crippen LogP contribution in [0.5, 0.6) is 0 Å². The number of hydrogen-bond acceptors (Lipinski definition) is 2. The predicted octanol–water partition coefficient (Wildman–Crippen LogP) is 4.22. The Hall–Kier alpha value is -0.770. The maximum absolute atomic E-state index is 13.9. The lowest BCUT2D eigenvalue weighted by Gasteiger charge is -2.35. The summed E-state index contributed by atoms with van der Waals surface area (Å²) in [5.74, 6) is 1.02. The van der Waals surface area contributed by atoms with Gasteiger partial charge in [0.25, 0.3) is 0 Å². The van der Waals surface area contributed by atoms with Crippen LogP contribution >= 0.6 is 11.8 Å². The number of anilines is 1. The average molecular weight is 271 g/mol. The number of thioether (sulfide) groups is 1. The lowest BCUT2D eigenvalue weighted by atomic mass is 9.87. The van der Waals surface area contributed by atoms with Crippen LogP contribution in [0.15, 0.2) is 12.1 Å². The van der Waals surface area contributed by atoms with Crippen molar-refractivity contribution in [2.75, 3.05) is 16.8 Å². The lowest BCUT2D eigenvalue weighted by Crippen LogP contribution is -2.35. The van der Waals surface area contributed by atoms with Crippen LogP contribution in [0.25, 0.3) is 0 Å². The number of hydrogen-bond donors (Lipinski definition) is 1. The normalized spacial score (nSPS) is 22.8. The summed E-state index contributed by atoms with van der Waals surface area (Å²) >= 11 is 1.84. The zero-order chi connectivity index (χ0) is 13.3. The predicted molar refractivity (Wildman–Crippen MR) is 74.2 cm³/mol. The smallest absolute Gasteiger partial charge is 0.152 e. The van der Waals surface area contributed by atoms with E-state index in [2.05, 4.69) is 19.2 Å². The Bertz CT molecular complexity index is 446. The Morgan fingerprint density at radius 1 is 1.33 bits per heavy atom. The van der Waals surface area contributed by atoms with Gasteiger partial charge in [-0.15, -0.1) is 0 Å². The number of benzene rings is 1. The van der Waals surface area contributed by atoms with E-state index in [1.165, 1.54) is 12.1 Å². The highest BCUT2D eigenvalue weighted by Gasteiger charge is 2.29. The molecule has 0 bridgehead atoms. The van der Waals surface area contributed by atoms with Crippen molar-refractivity contribution in [2.45, 2.75) is 33.2 Å². The van der Waals surface area contributed by atoms with Crippen molar-refractivity contribution in [3.8, 4) is 0 Å². The van der Waals surface area contributed by atoms with E-state index in [1.807, 2.05) is 11.8 Å². The molecule has 0 aromatic heterocycles. The minimum Gasteiger partial charge on any atom is -0.377 e. The monoisotopic (exact) mass is 271 g/mol. The first-order valence-corrected chi connectivity index (χ1v) is 7.33. The molecule has 100 valence electrons. The van der Waals surface area contributed by atoms with E-state index in [0.717, 1.165) is 17.9 Å². The summed E-state index contributed by atoms with van der Waals surface area (Å²) in [6.45, 7) is 6.03. The summed E-state index contributed by atoms with van der Waals surface area (Å²) in [5.41, 5.74) is 0.720. The van der Waals surface area contributed by atoms with Crippen LogP contribution in [0.2, 0.25) is 0 Å². The maximum Gasteiger partial charge on any atom is 0.152 e. The van der Waals surface area contributed by atoms with Crippen LogP contribution in [0.4, 0.5) is 14.5 Å². The van der Waals surface area contributed by atoms with Crippen molar-refractivity contribution in [2.24, 2.45) is 5.41 Å². The molecule has 0 radical (unpaired) electrons. The highest BCUT2D eigenvalue weighted by atomic mass is 32.2. The fourth-order valence-electron chi connectivity index (χ4n) is 2.35. The molecule has 0 saturated carbocycles. The summed E-state index contributed by atoms with van der Waals surface area (Å²) in [5, 5.41) is 3.04. The molecule has 1 aliphatic rings. The Kier molecular flexibility index (Phi) is 3.85. The Labute approximate surface area is 111 Å². The summed E-state index contributed by atoms with van der Waals surface area (Å²) in [6.07, 6.45) is 0.937.